The van der Waals surface area contributed by atoms with Crippen molar-refractivity contribution in [2.75, 3.05) is 10.6 Å². The van der Waals surface area contributed by atoms with E-state index in [2.05, 4.69) is 40.8 Å². The highest BCUT2D eigenvalue weighted by atomic mass is 15.2. The highest BCUT2D eigenvalue weighted by Crippen LogP contribution is 2.28. The van der Waals surface area contributed by atoms with E-state index in [4.69, 9.17) is 0 Å². The molecule has 5 rings (SSSR count). The van der Waals surface area contributed by atoms with E-state index in [1.54, 1.807) is 12.4 Å². The van der Waals surface area contributed by atoms with Crippen LogP contribution in [0.15, 0.2) is 42.7 Å². The average Bonchev–Trinajstić information content (AvgIpc) is 3.16. The third kappa shape index (κ3) is 2.78. The zero-order valence-corrected chi connectivity index (χ0v) is 13.3. The molecule has 0 radical (unpaired) electrons. The predicted molar refractivity (Wildman–Crippen MR) is 95.6 cm³/mol. The molecule has 1 aliphatic rings. The highest BCUT2D eigenvalue weighted by molar-refractivity contribution is 5.82. The zero-order chi connectivity index (χ0) is 16.6. The van der Waals surface area contributed by atoms with Gasteiger partial charge < -0.3 is 15.6 Å². The van der Waals surface area contributed by atoms with Crippen molar-refractivity contribution in [3.05, 3.63) is 42.7 Å². The molecular formula is C17H16N8. The van der Waals surface area contributed by atoms with Crippen molar-refractivity contribution < 1.29 is 0 Å². The predicted octanol–water partition coefficient (Wildman–Crippen LogP) is 3.06. The number of aromatic nitrogens is 6. The quantitative estimate of drug-likeness (QED) is 0.447. The van der Waals surface area contributed by atoms with Gasteiger partial charge in [0.2, 0.25) is 5.95 Å². The largest absolute Gasteiger partial charge is 0.351 e. The standard InChI is InChI=1S/C17H16N8/c1-2-4-12-11(3-1)22-16(23-12)15-13(9-19-25-15)21-14-7-8-18-17(24-14)20-10-5-6-10/h1-4,7-10H,5-6H2,(H,19,25)(H,22,23)(H2,18,20,21,24). The summed E-state index contributed by atoms with van der Waals surface area (Å²) >= 11 is 0. The third-order valence-corrected chi connectivity index (χ3v) is 4.09. The minimum atomic E-state index is 0.510. The van der Waals surface area contributed by atoms with E-state index >= 15 is 0 Å². The van der Waals surface area contributed by atoms with Gasteiger partial charge in [0.05, 0.1) is 22.9 Å². The van der Waals surface area contributed by atoms with Gasteiger partial charge >= 0.3 is 0 Å². The van der Waals surface area contributed by atoms with Gasteiger partial charge in [-0.1, -0.05) is 12.1 Å². The van der Waals surface area contributed by atoms with Crippen LogP contribution in [0.3, 0.4) is 0 Å². The van der Waals surface area contributed by atoms with Crippen molar-refractivity contribution >= 4 is 28.5 Å². The van der Waals surface area contributed by atoms with Crippen molar-refractivity contribution in [2.24, 2.45) is 0 Å². The van der Waals surface area contributed by atoms with E-state index in [1.807, 2.05) is 30.3 Å². The second kappa shape index (κ2) is 5.59. The van der Waals surface area contributed by atoms with E-state index in [0.717, 1.165) is 28.2 Å². The number of hydrogen-bond donors (Lipinski definition) is 4. The van der Waals surface area contributed by atoms with E-state index in [1.165, 1.54) is 12.8 Å². The van der Waals surface area contributed by atoms with E-state index in [-0.39, 0.29) is 0 Å². The lowest BCUT2D eigenvalue weighted by molar-refractivity contribution is 1.05. The summed E-state index contributed by atoms with van der Waals surface area (Å²) in [5.74, 6) is 2.07. The number of rotatable bonds is 5. The second-order valence-electron chi connectivity index (χ2n) is 6.07. The topological polar surface area (TPSA) is 107 Å². The highest BCUT2D eigenvalue weighted by Gasteiger charge is 2.22. The number of para-hydroxylation sites is 2. The minimum absolute atomic E-state index is 0.510. The molecule has 0 aliphatic heterocycles. The number of aromatic amines is 2. The first kappa shape index (κ1) is 14.0. The molecule has 0 bridgehead atoms. The number of H-pyrrole nitrogens is 2. The van der Waals surface area contributed by atoms with Gasteiger partial charge in [0.15, 0.2) is 5.82 Å². The molecule has 0 atom stereocenters. The number of nitrogens with one attached hydrogen (secondary N) is 4. The number of anilines is 3. The Hall–Kier alpha value is -3.42. The summed E-state index contributed by atoms with van der Waals surface area (Å²) < 4.78 is 0. The summed E-state index contributed by atoms with van der Waals surface area (Å²) in [5.41, 5.74) is 3.48. The summed E-state index contributed by atoms with van der Waals surface area (Å²) in [4.78, 5) is 16.7. The van der Waals surface area contributed by atoms with Gasteiger partial charge in [-0.15, -0.1) is 0 Å². The lowest BCUT2D eigenvalue weighted by atomic mass is 10.3. The van der Waals surface area contributed by atoms with Crippen LogP contribution in [0.4, 0.5) is 17.5 Å². The molecule has 8 heteroatoms. The van der Waals surface area contributed by atoms with Crippen molar-refractivity contribution in [1.82, 2.24) is 30.1 Å². The fourth-order valence-corrected chi connectivity index (χ4v) is 2.68. The maximum atomic E-state index is 4.61. The van der Waals surface area contributed by atoms with Crippen LogP contribution in [0, 0.1) is 0 Å². The summed E-state index contributed by atoms with van der Waals surface area (Å²) in [6, 6.07) is 10.2. The SMILES string of the molecule is c1ccc2[nH]c(-c3[nH]ncc3Nc3ccnc(NC4CC4)n3)nc2c1. The number of nitrogens with zero attached hydrogens (tertiary/aromatic N) is 4. The molecule has 3 heterocycles. The molecule has 0 spiro atoms. The molecule has 0 amide bonds. The Morgan fingerprint density at radius 3 is 2.88 bits per heavy atom. The molecular weight excluding hydrogens is 316 g/mol. The lowest BCUT2D eigenvalue weighted by Gasteiger charge is -2.07. The van der Waals surface area contributed by atoms with Crippen LogP contribution in [0.2, 0.25) is 0 Å². The first-order chi connectivity index (χ1) is 12.3. The maximum absolute atomic E-state index is 4.61. The van der Waals surface area contributed by atoms with Crippen LogP contribution in [0.25, 0.3) is 22.6 Å². The summed E-state index contributed by atoms with van der Waals surface area (Å²) in [6.45, 7) is 0. The minimum Gasteiger partial charge on any atom is -0.351 e. The number of hydrogen-bond acceptors (Lipinski definition) is 6. The van der Waals surface area contributed by atoms with Crippen LogP contribution in [-0.4, -0.2) is 36.2 Å². The zero-order valence-electron chi connectivity index (χ0n) is 13.3. The van der Waals surface area contributed by atoms with Gasteiger partial charge in [-0.25, -0.2) is 9.97 Å². The first-order valence-corrected chi connectivity index (χ1v) is 8.20. The Bertz CT molecular complexity index is 997. The Labute approximate surface area is 143 Å². The van der Waals surface area contributed by atoms with Crippen molar-refractivity contribution in [2.45, 2.75) is 18.9 Å². The Morgan fingerprint density at radius 1 is 1.08 bits per heavy atom. The van der Waals surface area contributed by atoms with Gasteiger partial charge in [-0.05, 0) is 31.0 Å². The van der Waals surface area contributed by atoms with Crippen LogP contribution in [0.5, 0.6) is 0 Å². The molecule has 1 aromatic carbocycles. The Kier molecular flexibility index (Phi) is 3.12. The van der Waals surface area contributed by atoms with E-state index in [0.29, 0.717) is 17.8 Å². The van der Waals surface area contributed by atoms with Crippen LogP contribution in [0.1, 0.15) is 12.8 Å². The van der Waals surface area contributed by atoms with Gasteiger partial charge in [-0.3, -0.25) is 5.10 Å². The number of imidazole rings is 1. The lowest BCUT2D eigenvalue weighted by Crippen LogP contribution is -2.06. The van der Waals surface area contributed by atoms with E-state index < -0.39 is 0 Å². The van der Waals surface area contributed by atoms with Crippen LogP contribution < -0.4 is 10.6 Å². The molecule has 0 unspecified atom stereocenters. The molecule has 3 aromatic heterocycles. The average molecular weight is 332 g/mol. The van der Waals surface area contributed by atoms with Crippen molar-refractivity contribution in [1.29, 1.82) is 0 Å². The summed E-state index contributed by atoms with van der Waals surface area (Å²) in [7, 11) is 0. The Morgan fingerprint density at radius 2 is 2.00 bits per heavy atom. The molecule has 0 saturated heterocycles. The molecule has 124 valence electrons. The second-order valence-corrected chi connectivity index (χ2v) is 6.07. The number of benzene rings is 1. The van der Waals surface area contributed by atoms with Gasteiger partial charge in [0.25, 0.3) is 0 Å². The van der Waals surface area contributed by atoms with Gasteiger partial charge in [0, 0.05) is 12.2 Å². The molecule has 1 fully saturated rings. The monoisotopic (exact) mass is 332 g/mol. The Balaban J connectivity index is 1.44. The van der Waals surface area contributed by atoms with Gasteiger partial charge in [0.1, 0.15) is 11.5 Å². The normalized spacial score (nSPS) is 13.9. The molecule has 4 aromatic rings. The molecule has 25 heavy (non-hydrogen) atoms. The summed E-state index contributed by atoms with van der Waals surface area (Å²) in [6.07, 6.45) is 5.82. The molecule has 1 aliphatic carbocycles. The third-order valence-electron chi connectivity index (χ3n) is 4.09. The van der Waals surface area contributed by atoms with Crippen molar-refractivity contribution in [3.63, 3.8) is 0 Å². The molecule has 1 saturated carbocycles. The van der Waals surface area contributed by atoms with Crippen molar-refractivity contribution in [3.8, 4) is 11.5 Å². The smallest absolute Gasteiger partial charge is 0.224 e. The molecule has 4 N–H and O–H groups in total. The van der Waals surface area contributed by atoms with E-state index in [9.17, 15) is 0 Å². The fraction of sp³-hybridized carbons (Fsp3) is 0.176. The van der Waals surface area contributed by atoms with Crippen LogP contribution >= 0.6 is 0 Å². The van der Waals surface area contributed by atoms with Gasteiger partial charge in [-0.2, -0.15) is 10.1 Å². The summed E-state index contributed by atoms with van der Waals surface area (Å²) in [5, 5.41) is 13.7. The number of fused-ring (bicyclic) bond motifs is 1. The molecule has 8 nitrogen and oxygen atoms in total. The first-order valence-electron chi connectivity index (χ1n) is 8.20. The fourth-order valence-electron chi connectivity index (χ4n) is 2.68. The maximum Gasteiger partial charge on any atom is 0.224 e. The van der Waals surface area contributed by atoms with Crippen LogP contribution in [-0.2, 0) is 0 Å².